The number of hydrogen-bond acceptors (Lipinski definition) is 14. The van der Waals surface area contributed by atoms with Gasteiger partial charge in [-0.2, -0.15) is 0 Å². The summed E-state index contributed by atoms with van der Waals surface area (Å²) in [6.45, 7) is 12.0. The number of fused-ring (bicyclic) bond motifs is 14. The normalized spacial score (nSPS) is 28.0. The van der Waals surface area contributed by atoms with Crippen LogP contribution in [0, 0.1) is 30.6 Å². The van der Waals surface area contributed by atoms with Gasteiger partial charge in [-0.1, -0.05) is 45.9 Å². The Bertz CT molecular complexity index is 2130. The molecule has 3 heterocycles. The number of aliphatic hydroxyl groups excluding tert-OH is 2. The zero-order chi connectivity index (χ0) is 46.4. The third-order valence-electron chi connectivity index (χ3n) is 11.7. The van der Waals surface area contributed by atoms with E-state index < -0.39 is 102 Å². The molecule has 5 rings (SSSR count). The Morgan fingerprint density at radius 3 is 2.26 bits per heavy atom. The van der Waals surface area contributed by atoms with Gasteiger partial charge in [-0.05, 0) is 32.8 Å². The number of likely N-dealkylation sites (N-methyl/N-ethyl adjacent to an activating group) is 1. The van der Waals surface area contributed by atoms with Crippen molar-refractivity contribution in [3.05, 3.63) is 53.3 Å². The number of aliphatic hydroxyl groups is 2. The van der Waals surface area contributed by atoms with Crippen LogP contribution in [-0.2, 0) is 33.4 Å². The number of ether oxygens (including phenoxy) is 5. The first kappa shape index (κ1) is 49.0. The lowest BCUT2D eigenvalue weighted by atomic mass is 9.78. The zero-order valence-corrected chi connectivity index (χ0v) is 36.9. The lowest BCUT2D eigenvalue weighted by Gasteiger charge is -2.38. The van der Waals surface area contributed by atoms with Crippen LogP contribution in [0.25, 0.3) is 10.8 Å². The molecule has 0 aromatic heterocycles. The number of carbonyl (C=O) groups excluding carboxylic acids is 4. The van der Waals surface area contributed by atoms with Crippen LogP contribution >= 0.6 is 0 Å². The third-order valence-corrected chi connectivity index (χ3v) is 11.7. The number of carboxylic acids is 1. The lowest BCUT2D eigenvalue weighted by Crippen LogP contribution is -2.46. The summed E-state index contributed by atoms with van der Waals surface area (Å²) in [4.78, 5) is 66.0. The van der Waals surface area contributed by atoms with Crippen molar-refractivity contribution in [1.82, 2.24) is 4.90 Å². The van der Waals surface area contributed by atoms with Crippen molar-refractivity contribution in [3.8, 4) is 23.0 Å². The number of Topliss-reactive ketones (excluding diaryl/α,β-unsaturated/α-hetero) is 1. The van der Waals surface area contributed by atoms with Gasteiger partial charge >= 0.3 is 17.7 Å². The van der Waals surface area contributed by atoms with Crippen molar-refractivity contribution >= 4 is 46.0 Å². The van der Waals surface area contributed by atoms with Crippen LogP contribution in [0.15, 0.2) is 42.2 Å². The maximum Gasteiger partial charge on any atom is 0.312 e. The fraction of sp³-hybridized carbons (Fsp3) is 0.533. The SMILES string of the molecule is COC1/C=C/OC2(C)Oc3c(C)c(O)c4c(O)c(cc(OCC(=O)N(C)CCCCC(=O)O)c4c3C2=O)NC(=O)C(C)=C/C=C/C(C)C(O)C(C)C(O)C(C)C(OC(C)=O)C1C. The Morgan fingerprint density at radius 2 is 1.63 bits per heavy atom. The molecule has 0 spiro atoms. The maximum absolute atomic E-state index is 14.5. The number of ketones is 1. The number of phenols is 2. The summed E-state index contributed by atoms with van der Waals surface area (Å²) < 4.78 is 29.6. The highest BCUT2D eigenvalue weighted by molar-refractivity contribution is 6.21. The van der Waals surface area contributed by atoms with Crippen molar-refractivity contribution in [1.29, 1.82) is 0 Å². The Kier molecular flexibility index (Phi) is 16.2. The van der Waals surface area contributed by atoms with E-state index in [1.807, 2.05) is 0 Å². The number of nitrogens with zero attached hydrogens (tertiary/aromatic N) is 1. The minimum absolute atomic E-state index is 0.0384. The highest BCUT2D eigenvalue weighted by Crippen LogP contribution is 2.54. The summed E-state index contributed by atoms with van der Waals surface area (Å²) in [7, 11) is 2.93. The number of carboxylic acid groups (broad SMARTS) is 1. The average Bonchev–Trinajstić information content (AvgIpc) is 3.49. The van der Waals surface area contributed by atoms with Crippen LogP contribution in [0.4, 0.5) is 5.69 Å². The van der Waals surface area contributed by atoms with E-state index in [9.17, 15) is 44.4 Å². The fourth-order valence-electron chi connectivity index (χ4n) is 7.75. The van der Waals surface area contributed by atoms with Gasteiger partial charge in [0.05, 0.1) is 41.2 Å². The van der Waals surface area contributed by atoms with Crippen molar-refractivity contribution in [2.75, 3.05) is 32.6 Å². The summed E-state index contributed by atoms with van der Waals surface area (Å²) in [5.41, 5.74) is -0.185. The highest BCUT2D eigenvalue weighted by atomic mass is 16.7. The lowest BCUT2D eigenvalue weighted by molar-refractivity contribution is -0.160. The number of unbranched alkanes of at least 4 members (excludes halogenated alkanes) is 1. The Balaban J connectivity index is 1.88. The van der Waals surface area contributed by atoms with E-state index in [1.54, 1.807) is 39.8 Å². The molecule has 2 aromatic carbocycles. The van der Waals surface area contributed by atoms with Gasteiger partial charge in [-0.3, -0.25) is 24.0 Å². The Labute approximate surface area is 360 Å². The number of phenolic OH excluding ortho intramolecular Hbond substituents is 2. The second-order valence-corrected chi connectivity index (χ2v) is 16.4. The Hall–Kier alpha value is -5.65. The molecule has 3 aliphatic rings. The number of aliphatic carboxylic acids is 1. The summed E-state index contributed by atoms with van der Waals surface area (Å²) >= 11 is 0. The van der Waals surface area contributed by atoms with E-state index >= 15 is 0 Å². The third kappa shape index (κ3) is 10.7. The predicted octanol–water partition coefficient (Wildman–Crippen LogP) is 5.14. The van der Waals surface area contributed by atoms with Gasteiger partial charge in [0, 0.05) is 87.2 Å². The predicted molar refractivity (Wildman–Crippen MR) is 227 cm³/mol. The zero-order valence-electron chi connectivity index (χ0n) is 36.9. The van der Waals surface area contributed by atoms with Gasteiger partial charge in [-0.15, -0.1) is 0 Å². The molecule has 17 nitrogen and oxygen atoms in total. The van der Waals surface area contributed by atoms with Gasteiger partial charge in [0.1, 0.15) is 23.4 Å². The molecule has 9 atom stereocenters. The smallest absolute Gasteiger partial charge is 0.312 e. The quantitative estimate of drug-likeness (QED) is 0.103. The molecule has 0 aliphatic carbocycles. The van der Waals surface area contributed by atoms with Crippen molar-refractivity contribution in [3.63, 3.8) is 0 Å². The summed E-state index contributed by atoms with van der Waals surface area (Å²) in [5, 5.41) is 57.3. The topological polar surface area (TPSA) is 248 Å². The van der Waals surface area contributed by atoms with Crippen LogP contribution in [0.5, 0.6) is 23.0 Å². The second kappa shape index (κ2) is 20.5. The maximum atomic E-state index is 14.5. The molecule has 0 saturated carbocycles. The number of allylic oxidation sites excluding steroid dienone is 2. The molecule has 17 heteroatoms. The van der Waals surface area contributed by atoms with Gasteiger partial charge in [0.25, 0.3) is 17.6 Å². The van der Waals surface area contributed by atoms with Crippen LogP contribution < -0.4 is 14.8 Å². The first-order chi connectivity index (χ1) is 29.1. The minimum Gasteiger partial charge on any atom is -0.507 e. The molecule has 0 radical (unpaired) electrons. The number of benzene rings is 2. The van der Waals surface area contributed by atoms with E-state index in [4.69, 9.17) is 28.8 Å². The molecule has 0 fully saturated rings. The average molecular weight is 869 g/mol. The largest absolute Gasteiger partial charge is 0.507 e. The van der Waals surface area contributed by atoms with Crippen LogP contribution in [0.2, 0.25) is 0 Å². The van der Waals surface area contributed by atoms with Crippen molar-refractivity contribution in [2.45, 2.75) is 105 Å². The molecule has 0 saturated heterocycles. The van der Waals surface area contributed by atoms with Crippen molar-refractivity contribution in [2.24, 2.45) is 23.7 Å². The molecule has 62 heavy (non-hydrogen) atoms. The van der Waals surface area contributed by atoms with Gasteiger partial charge in [0.15, 0.2) is 12.4 Å². The number of aromatic hydroxyl groups is 2. The van der Waals surface area contributed by atoms with Gasteiger partial charge in [0.2, 0.25) is 0 Å². The first-order valence-electron chi connectivity index (χ1n) is 20.5. The molecule has 2 aromatic rings. The Morgan fingerprint density at radius 1 is 0.952 bits per heavy atom. The first-order valence-corrected chi connectivity index (χ1v) is 20.5. The summed E-state index contributed by atoms with van der Waals surface area (Å²) in [6, 6.07) is 1.21. The standard InChI is InChI=1S/C45H60N2O15/c1-22-14-13-15-23(2)44(57)46-29-20-31(59-21-32(49)47(9)18-12-11-16-33(50)51)34-35(40(29)55)39(54)27(6)42-36(34)43(56)45(8,62-42)60-19-17-30(58-10)24(3)41(61-28(7)48)26(5)38(53)25(4)37(22)52/h13-15,17,19-20,22,24-26,30,37-38,41,52-55H,11-12,16,18,21H2,1-10H3,(H,46,57)(H,50,51)/b14-13+,19-17+,23-15?. The number of esters is 1. The van der Waals surface area contributed by atoms with Gasteiger partial charge in [-0.25, -0.2) is 0 Å². The summed E-state index contributed by atoms with van der Waals surface area (Å²) in [5.74, 6) is -9.56. The van der Waals surface area contributed by atoms with E-state index in [0.29, 0.717) is 12.8 Å². The number of amides is 2. The van der Waals surface area contributed by atoms with Gasteiger partial charge < -0.3 is 59.4 Å². The van der Waals surface area contributed by atoms with E-state index in [-0.39, 0.29) is 57.6 Å². The number of hydrogen-bond donors (Lipinski definition) is 6. The number of carbonyl (C=O) groups is 5. The number of nitrogens with one attached hydrogen (secondary N) is 1. The van der Waals surface area contributed by atoms with Crippen LogP contribution in [0.3, 0.4) is 0 Å². The number of methoxy groups -OCH3 is 1. The molecule has 6 N–H and O–H groups in total. The van der Waals surface area contributed by atoms with E-state index in [1.165, 1.54) is 71.2 Å². The fourth-order valence-corrected chi connectivity index (χ4v) is 7.75. The molecule has 2 amide bonds. The molecule has 3 aliphatic heterocycles. The highest BCUT2D eigenvalue weighted by Gasteiger charge is 2.50. The second-order valence-electron chi connectivity index (χ2n) is 16.4. The molecular weight excluding hydrogens is 808 g/mol. The molecule has 340 valence electrons. The number of anilines is 1. The van der Waals surface area contributed by atoms with Crippen LogP contribution in [0.1, 0.15) is 83.7 Å². The van der Waals surface area contributed by atoms with E-state index in [2.05, 4.69) is 5.32 Å². The monoisotopic (exact) mass is 868 g/mol. The van der Waals surface area contributed by atoms with Crippen molar-refractivity contribution < 1.29 is 73.2 Å². The van der Waals surface area contributed by atoms with Crippen LogP contribution in [-0.4, -0.2) is 117 Å². The molecular formula is C45H60N2O15. The molecule has 5 bridgehead atoms. The molecule has 9 unspecified atom stereocenters. The number of rotatable bonds is 10. The minimum atomic E-state index is -2.07. The summed E-state index contributed by atoms with van der Waals surface area (Å²) in [6.07, 6.45) is 4.08. The van der Waals surface area contributed by atoms with E-state index in [0.717, 1.165) is 0 Å².